The maximum absolute atomic E-state index is 12.6. The van der Waals surface area contributed by atoms with E-state index >= 15 is 0 Å². The fraction of sp³-hybridized carbons (Fsp3) is 0.429. The highest BCUT2D eigenvalue weighted by molar-refractivity contribution is 5.83. The molecule has 2 aromatic carbocycles. The van der Waals surface area contributed by atoms with E-state index in [9.17, 15) is 44.1 Å². The average Bonchev–Trinajstić information content (AvgIpc) is 2.98. The second-order valence-corrected chi connectivity index (χ2v) is 12.8. The van der Waals surface area contributed by atoms with Gasteiger partial charge in [0, 0.05) is 6.07 Å². The molecule has 272 valence electrons. The lowest BCUT2D eigenvalue weighted by atomic mass is 10.0. The summed E-state index contributed by atoms with van der Waals surface area (Å²) in [6, 6.07) is 6.75. The lowest BCUT2D eigenvalue weighted by molar-refractivity contribution is -0.140. The molecule has 50 heavy (non-hydrogen) atoms. The predicted octanol–water partition coefficient (Wildman–Crippen LogP) is 5.62. The number of rotatable bonds is 17. The Bertz CT molecular complexity index is 1470. The molecule has 0 heterocycles. The van der Waals surface area contributed by atoms with Gasteiger partial charge in [0.05, 0.1) is 0 Å². The number of benzene rings is 2. The Labute approximate surface area is 290 Å². The van der Waals surface area contributed by atoms with Gasteiger partial charge in [0.1, 0.15) is 35.4 Å². The highest BCUT2D eigenvalue weighted by atomic mass is 16.6. The molecule has 0 aromatic heterocycles. The summed E-state index contributed by atoms with van der Waals surface area (Å²) in [5.74, 6) is -3.75. The van der Waals surface area contributed by atoms with Gasteiger partial charge in [-0.1, -0.05) is 65.8 Å². The van der Waals surface area contributed by atoms with Crippen molar-refractivity contribution in [3.63, 3.8) is 0 Å². The fourth-order valence-electron chi connectivity index (χ4n) is 4.56. The van der Waals surface area contributed by atoms with E-state index in [1.807, 2.05) is 13.8 Å². The number of carboxylic acids is 3. The predicted molar refractivity (Wildman–Crippen MR) is 182 cm³/mol. The molecule has 3 unspecified atom stereocenters. The molecule has 0 aliphatic carbocycles. The van der Waals surface area contributed by atoms with Crippen LogP contribution in [0.4, 0.5) is 14.4 Å². The molecular formula is C35H45N3O12. The molecule has 0 spiro atoms. The van der Waals surface area contributed by atoms with Crippen LogP contribution < -0.4 is 30.2 Å². The molecule has 0 bridgehead atoms. The van der Waals surface area contributed by atoms with Gasteiger partial charge >= 0.3 is 36.2 Å². The molecule has 0 saturated carbocycles. The topological polar surface area (TPSA) is 227 Å². The summed E-state index contributed by atoms with van der Waals surface area (Å²) >= 11 is 0. The average molecular weight is 700 g/mol. The third-order valence-corrected chi connectivity index (χ3v) is 6.77. The molecule has 15 nitrogen and oxygen atoms in total. The van der Waals surface area contributed by atoms with Crippen LogP contribution in [-0.4, -0.2) is 69.6 Å². The van der Waals surface area contributed by atoms with E-state index in [-0.39, 0.29) is 54.3 Å². The van der Waals surface area contributed by atoms with Gasteiger partial charge < -0.3 is 45.5 Å². The van der Waals surface area contributed by atoms with E-state index in [0.717, 1.165) is 0 Å². The second-order valence-electron chi connectivity index (χ2n) is 12.8. The van der Waals surface area contributed by atoms with E-state index < -0.39 is 54.3 Å². The van der Waals surface area contributed by atoms with Gasteiger partial charge in [-0.3, -0.25) is 0 Å². The summed E-state index contributed by atoms with van der Waals surface area (Å²) in [6.45, 7) is 10.9. The zero-order valence-corrected chi connectivity index (χ0v) is 28.8. The van der Waals surface area contributed by atoms with Crippen molar-refractivity contribution in [2.75, 3.05) is 0 Å². The lowest BCUT2D eigenvalue weighted by Crippen LogP contribution is -2.43. The Morgan fingerprint density at radius 1 is 0.520 bits per heavy atom. The molecular weight excluding hydrogens is 654 g/mol. The summed E-state index contributed by atoms with van der Waals surface area (Å²) in [4.78, 5) is 72.2. The number of carbonyl (C=O) groups excluding carboxylic acids is 3. The van der Waals surface area contributed by atoms with E-state index in [1.165, 1.54) is 30.3 Å². The van der Waals surface area contributed by atoms with Crippen molar-refractivity contribution in [2.45, 2.75) is 78.9 Å². The molecule has 0 aliphatic heterocycles. The summed E-state index contributed by atoms with van der Waals surface area (Å²) in [5.41, 5.74) is 0.998. The first-order valence-electron chi connectivity index (χ1n) is 16.0. The highest BCUT2D eigenvalue weighted by Crippen LogP contribution is 2.26. The van der Waals surface area contributed by atoms with Crippen molar-refractivity contribution in [3.8, 4) is 17.2 Å². The van der Waals surface area contributed by atoms with Gasteiger partial charge in [-0.05, 0) is 72.4 Å². The van der Waals surface area contributed by atoms with E-state index in [2.05, 4.69) is 16.0 Å². The number of carbonyl (C=O) groups is 6. The van der Waals surface area contributed by atoms with Gasteiger partial charge in [0.25, 0.3) is 0 Å². The normalized spacial score (nSPS) is 13.0. The molecule has 0 radical (unpaired) electrons. The maximum Gasteiger partial charge on any atom is 0.413 e. The molecule has 0 aliphatic rings. The minimum Gasteiger partial charge on any atom is -0.480 e. The van der Waals surface area contributed by atoms with E-state index in [4.69, 9.17) is 14.2 Å². The Hall–Kier alpha value is -5.60. The number of ether oxygens (including phenoxy) is 3. The van der Waals surface area contributed by atoms with Gasteiger partial charge in [-0.25, -0.2) is 28.8 Å². The van der Waals surface area contributed by atoms with E-state index in [1.54, 1.807) is 52.0 Å². The van der Waals surface area contributed by atoms with Crippen LogP contribution in [0.1, 0.15) is 71.9 Å². The van der Waals surface area contributed by atoms with Crippen LogP contribution in [0, 0.1) is 17.8 Å². The SMILES string of the molecule is CC(C)CC(NC(=O)Oc1ccc(/C=C/c2cc(OC(=O)NC(CC(C)C)C(=O)O)cc(OC(=O)NC(CC(C)C)C(=O)O)c2)cc1)C(=O)O. The lowest BCUT2D eigenvalue weighted by Gasteiger charge is -2.17. The summed E-state index contributed by atoms with van der Waals surface area (Å²) in [5, 5.41) is 35.2. The molecule has 15 heteroatoms. The summed E-state index contributed by atoms with van der Waals surface area (Å²) in [6.07, 6.45) is 0.714. The van der Waals surface area contributed by atoms with Crippen LogP contribution >= 0.6 is 0 Å². The van der Waals surface area contributed by atoms with E-state index in [0.29, 0.717) is 11.1 Å². The summed E-state index contributed by atoms with van der Waals surface area (Å²) in [7, 11) is 0. The number of nitrogens with one attached hydrogen (secondary N) is 3. The number of hydrogen-bond acceptors (Lipinski definition) is 9. The first kappa shape index (κ1) is 40.6. The van der Waals surface area contributed by atoms with Gasteiger partial charge in [-0.2, -0.15) is 0 Å². The number of amides is 3. The van der Waals surface area contributed by atoms with Crippen LogP contribution in [0.3, 0.4) is 0 Å². The fourth-order valence-corrected chi connectivity index (χ4v) is 4.56. The van der Waals surface area contributed by atoms with Crippen molar-refractivity contribution in [1.29, 1.82) is 0 Å². The zero-order chi connectivity index (χ0) is 37.5. The number of carboxylic acid groups (broad SMARTS) is 3. The van der Waals surface area contributed by atoms with Crippen LogP contribution in [0.5, 0.6) is 17.2 Å². The van der Waals surface area contributed by atoms with Gasteiger partial charge in [0.2, 0.25) is 0 Å². The van der Waals surface area contributed by atoms with Crippen molar-refractivity contribution < 1.29 is 58.3 Å². The number of aliphatic carboxylic acids is 3. The molecule has 6 N–H and O–H groups in total. The number of hydrogen-bond donors (Lipinski definition) is 6. The third kappa shape index (κ3) is 15.1. The molecule has 2 aromatic rings. The molecule has 2 rings (SSSR count). The van der Waals surface area contributed by atoms with Crippen molar-refractivity contribution >= 4 is 48.3 Å². The smallest absolute Gasteiger partial charge is 0.413 e. The molecule has 3 atom stereocenters. The van der Waals surface area contributed by atoms with Crippen molar-refractivity contribution in [2.24, 2.45) is 17.8 Å². The van der Waals surface area contributed by atoms with Gasteiger partial charge in [-0.15, -0.1) is 0 Å². The monoisotopic (exact) mass is 699 g/mol. The quantitative estimate of drug-likeness (QED) is 0.111. The molecule has 3 amide bonds. The van der Waals surface area contributed by atoms with Crippen LogP contribution in [0.25, 0.3) is 12.2 Å². The first-order chi connectivity index (χ1) is 23.4. The van der Waals surface area contributed by atoms with Crippen LogP contribution in [0.2, 0.25) is 0 Å². The third-order valence-electron chi connectivity index (χ3n) is 6.77. The minimum atomic E-state index is -1.24. The zero-order valence-electron chi connectivity index (χ0n) is 28.8. The Morgan fingerprint density at radius 2 is 0.840 bits per heavy atom. The van der Waals surface area contributed by atoms with Gasteiger partial charge in [0.15, 0.2) is 0 Å². The van der Waals surface area contributed by atoms with Crippen LogP contribution in [0.15, 0.2) is 42.5 Å². The Morgan fingerprint density at radius 3 is 1.16 bits per heavy atom. The minimum absolute atomic E-state index is 0.0321. The maximum atomic E-state index is 12.6. The van der Waals surface area contributed by atoms with Crippen molar-refractivity contribution in [3.05, 3.63) is 53.6 Å². The molecule has 0 fully saturated rings. The standard InChI is InChI=1S/C35H45N3O12/c1-19(2)13-27(30(39)40)36-33(45)48-24-11-9-22(10-12-24)7-8-23-16-25(49-34(46)37-28(31(41)42)14-20(3)4)18-26(17-23)50-35(47)38-29(32(43)44)15-21(5)6/h7-12,16-21,27-29H,13-15H2,1-6H3,(H,36,45)(H,37,46)(H,38,47)(H,39,40)(H,41,42)(H,43,44)/b8-7+. The summed E-state index contributed by atoms with van der Waals surface area (Å²) < 4.78 is 15.9. The molecule has 0 saturated heterocycles. The highest BCUT2D eigenvalue weighted by Gasteiger charge is 2.25. The van der Waals surface area contributed by atoms with Crippen LogP contribution in [-0.2, 0) is 14.4 Å². The van der Waals surface area contributed by atoms with Crippen molar-refractivity contribution in [1.82, 2.24) is 16.0 Å². The Balaban J connectivity index is 2.28. The largest absolute Gasteiger partial charge is 0.480 e. The second kappa shape index (κ2) is 19.4. The first-order valence-corrected chi connectivity index (χ1v) is 16.0. The Kier molecular flexibility index (Phi) is 15.8.